The summed E-state index contributed by atoms with van der Waals surface area (Å²) in [5.41, 5.74) is 0. The van der Waals surface area contributed by atoms with Gasteiger partial charge in [-0.05, 0) is 45.8 Å². The Morgan fingerprint density at radius 3 is 1.83 bits per heavy atom. The van der Waals surface area contributed by atoms with Crippen LogP contribution >= 0.6 is 47.0 Å². The Morgan fingerprint density at radius 1 is 0.633 bits per heavy atom. The number of unbranched alkanes of at least 4 members (excludes halogenated alkanes) is 12. The number of hydrogen-bond donors (Lipinski definition) is 0. The SMILES string of the molecule is CCCCCCCCCCC1=CS/C(=C2/SC=C(C(C)CCCCCCCC)S2)S1. The summed E-state index contributed by atoms with van der Waals surface area (Å²) in [4.78, 5) is 3.21. The van der Waals surface area contributed by atoms with Gasteiger partial charge < -0.3 is 0 Å². The van der Waals surface area contributed by atoms with E-state index < -0.39 is 0 Å². The van der Waals surface area contributed by atoms with Crippen LogP contribution in [0.15, 0.2) is 29.1 Å². The molecule has 4 heteroatoms. The molecule has 0 spiro atoms. The van der Waals surface area contributed by atoms with Gasteiger partial charge in [-0.2, -0.15) is 0 Å². The molecule has 0 aliphatic carbocycles. The fourth-order valence-electron chi connectivity index (χ4n) is 3.87. The first kappa shape index (κ1) is 26.9. The van der Waals surface area contributed by atoms with Crippen molar-refractivity contribution in [1.29, 1.82) is 0 Å². The van der Waals surface area contributed by atoms with E-state index in [4.69, 9.17) is 0 Å². The van der Waals surface area contributed by atoms with Gasteiger partial charge in [0.15, 0.2) is 0 Å². The molecular weight excluding hydrogens is 441 g/mol. The molecule has 2 rings (SSSR count). The molecular formula is C26H44S4. The lowest BCUT2D eigenvalue weighted by molar-refractivity contribution is 0.540. The highest BCUT2D eigenvalue weighted by Crippen LogP contribution is 2.57. The molecule has 2 heterocycles. The maximum Gasteiger partial charge on any atom is 0.0697 e. The third kappa shape index (κ3) is 11.0. The average Bonchev–Trinajstić information content (AvgIpc) is 3.42. The van der Waals surface area contributed by atoms with Crippen molar-refractivity contribution in [2.45, 2.75) is 124 Å². The second-order valence-electron chi connectivity index (χ2n) is 8.80. The van der Waals surface area contributed by atoms with E-state index in [0.29, 0.717) is 0 Å². The normalized spacial score (nSPS) is 20.0. The highest BCUT2D eigenvalue weighted by Gasteiger charge is 2.23. The van der Waals surface area contributed by atoms with Crippen LogP contribution in [-0.2, 0) is 0 Å². The molecule has 0 saturated heterocycles. The Hall–Kier alpha value is 0.620. The van der Waals surface area contributed by atoms with Gasteiger partial charge in [0, 0.05) is 0 Å². The monoisotopic (exact) mass is 484 g/mol. The van der Waals surface area contributed by atoms with E-state index in [-0.39, 0.29) is 0 Å². The molecule has 2 aliphatic rings. The quantitative estimate of drug-likeness (QED) is 0.188. The predicted octanol–water partition coefficient (Wildman–Crippen LogP) is 11.7. The van der Waals surface area contributed by atoms with Crippen molar-refractivity contribution in [1.82, 2.24) is 0 Å². The molecule has 0 aromatic heterocycles. The number of allylic oxidation sites excluding steroid dienone is 2. The van der Waals surface area contributed by atoms with Crippen molar-refractivity contribution >= 4 is 47.0 Å². The highest BCUT2D eigenvalue weighted by molar-refractivity contribution is 8.33. The maximum absolute atomic E-state index is 2.44. The Balaban J connectivity index is 1.56. The van der Waals surface area contributed by atoms with E-state index in [0.717, 1.165) is 5.92 Å². The summed E-state index contributed by atoms with van der Waals surface area (Å²) in [6, 6.07) is 0. The Bertz CT molecular complexity index is 561. The third-order valence-corrected chi connectivity index (χ3v) is 11.6. The summed E-state index contributed by atoms with van der Waals surface area (Å²) >= 11 is 8.06. The topological polar surface area (TPSA) is 0 Å². The van der Waals surface area contributed by atoms with Gasteiger partial charge in [-0.25, -0.2) is 0 Å². The molecule has 172 valence electrons. The van der Waals surface area contributed by atoms with Crippen LogP contribution in [0.5, 0.6) is 0 Å². The van der Waals surface area contributed by atoms with E-state index in [2.05, 4.69) is 55.1 Å². The van der Waals surface area contributed by atoms with Gasteiger partial charge in [0.1, 0.15) is 0 Å². The zero-order valence-electron chi connectivity index (χ0n) is 19.7. The average molecular weight is 485 g/mol. The molecule has 0 radical (unpaired) electrons. The molecule has 2 aliphatic heterocycles. The van der Waals surface area contributed by atoms with Crippen molar-refractivity contribution in [3.05, 3.63) is 29.1 Å². The Kier molecular flexibility index (Phi) is 15.4. The molecule has 1 atom stereocenters. The molecule has 1 unspecified atom stereocenters. The van der Waals surface area contributed by atoms with Gasteiger partial charge in [0.2, 0.25) is 0 Å². The first-order valence-electron chi connectivity index (χ1n) is 12.6. The van der Waals surface area contributed by atoms with Gasteiger partial charge in [0.05, 0.1) is 8.47 Å². The van der Waals surface area contributed by atoms with E-state index in [9.17, 15) is 0 Å². The smallest absolute Gasteiger partial charge is 0.0697 e. The fraction of sp³-hybridized carbons (Fsp3) is 0.769. The Labute approximate surface area is 204 Å². The Morgan fingerprint density at radius 2 is 1.17 bits per heavy atom. The van der Waals surface area contributed by atoms with E-state index in [1.165, 1.54) is 111 Å². The van der Waals surface area contributed by atoms with E-state index in [1.54, 1.807) is 9.81 Å². The highest BCUT2D eigenvalue weighted by atomic mass is 32.2. The fourth-order valence-corrected chi connectivity index (χ4v) is 9.09. The lowest BCUT2D eigenvalue weighted by Gasteiger charge is -2.12. The van der Waals surface area contributed by atoms with E-state index >= 15 is 0 Å². The number of thioether (sulfide) groups is 4. The van der Waals surface area contributed by atoms with Crippen LogP contribution in [0.2, 0.25) is 0 Å². The minimum Gasteiger partial charge on any atom is -0.0881 e. The third-order valence-electron chi connectivity index (χ3n) is 5.93. The van der Waals surface area contributed by atoms with E-state index in [1.807, 2.05) is 23.5 Å². The van der Waals surface area contributed by atoms with Crippen molar-refractivity contribution in [2.24, 2.45) is 5.92 Å². The molecule has 0 saturated carbocycles. The van der Waals surface area contributed by atoms with Crippen molar-refractivity contribution in [3.63, 3.8) is 0 Å². The van der Waals surface area contributed by atoms with Gasteiger partial charge in [0.25, 0.3) is 0 Å². The summed E-state index contributed by atoms with van der Waals surface area (Å²) in [6.07, 6.45) is 22.4. The molecule has 0 N–H and O–H groups in total. The van der Waals surface area contributed by atoms with Crippen LogP contribution < -0.4 is 0 Å². The summed E-state index contributed by atoms with van der Waals surface area (Å²) < 4.78 is 3.08. The zero-order valence-corrected chi connectivity index (χ0v) is 22.9. The van der Waals surface area contributed by atoms with Gasteiger partial charge in [-0.15, -0.1) is 0 Å². The van der Waals surface area contributed by atoms with Crippen LogP contribution in [0.25, 0.3) is 0 Å². The van der Waals surface area contributed by atoms with Crippen molar-refractivity contribution in [2.75, 3.05) is 0 Å². The first-order valence-corrected chi connectivity index (χ1v) is 16.0. The minimum atomic E-state index is 0.730. The number of hydrogen-bond acceptors (Lipinski definition) is 4. The second kappa shape index (κ2) is 17.1. The summed E-state index contributed by atoms with van der Waals surface area (Å²) in [6.45, 7) is 7.02. The molecule has 0 amide bonds. The van der Waals surface area contributed by atoms with Gasteiger partial charge in [-0.1, -0.05) is 151 Å². The minimum absolute atomic E-state index is 0.730. The lowest BCUT2D eigenvalue weighted by Crippen LogP contribution is -1.95. The van der Waals surface area contributed by atoms with Crippen LogP contribution in [-0.4, -0.2) is 0 Å². The molecule has 0 aromatic carbocycles. The molecule has 0 bridgehead atoms. The molecule has 0 fully saturated rings. The largest absolute Gasteiger partial charge is 0.0881 e. The lowest BCUT2D eigenvalue weighted by atomic mass is 10.0. The second-order valence-corrected chi connectivity index (χ2v) is 13.3. The van der Waals surface area contributed by atoms with Crippen molar-refractivity contribution in [3.8, 4) is 0 Å². The van der Waals surface area contributed by atoms with Crippen LogP contribution in [0.3, 0.4) is 0 Å². The van der Waals surface area contributed by atoms with Gasteiger partial charge >= 0.3 is 0 Å². The van der Waals surface area contributed by atoms with Crippen LogP contribution in [0, 0.1) is 5.92 Å². The summed E-state index contributed by atoms with van der Waals surface area (Å²) in [7, 11) is 0. The van der Waals surface area contributed by atoms with Gasteiger partial charge in [-0.3, -0.25) is 0 Å². The molecule has 0 nitrogen and oxygen atoms in total. The van der Waals surface area contributed by atoms with Crippen LogP contribution in [0.1, 0.15) is 124 Å². The predicted molar refractivity (Wildman–Crippen MR) is 148 cm³/mol. The van der Waals surface area contributed by atoms with Crippen molar-refractivity contribution < 1.29 is 0 Å². The summed E-state index contributed by atoms with van der Waals surface area (Å²) in [5.74, 6) is 0.730. The zero-order chi connectivity index (χ0) is 21.4. The molecule has 30 heavy (non-hydrogen) atoms. The first-order chi connectivity index (χ1) is 14.7. The number of rotatable bonds is 17. The molecule has 0 aromatic rings. The summed E-state index contributed by atoms with van der Waals surface area (Å²) in [5, 5.41) is 4.86. The maximum atomic E-state index is 2.44. The van der Waals surface area contributed by atoms with Crippen LogP contribution in [0.4, 0.5) is 0 Å². The standard InChI is InChI=1S/C26H44S4/c1-4-6-8-10-12-13-15-17-19-23-20-27-25(29-23)26-28-21-24(30-26)22(3)18-16-14-11-9-7-5-2/h20-22H,4-19H2,1-3H3/b26-25+.